The van der Waals surface area contributed by atoms with E-state index in [4.69, 9.17) is 9.47 Å². The summed E-state index contributed by atoms with van der Waals surface area (Å²) in [6.45, 7) is 1.91. The molecule has 3 nitrogen and oxygen atoms in total. The van der Waals surface area contributed by atoms with Crippen LogP contribution in [0, 0.1) is 17.7 Å². The number of hydrogen-bond acceptors (Lipinski definition) is 3. The van der Waals surface area contributed by atoms with Gasteiger partial charge in [0, 0.05) is 18.7 Å². The van der Waals surface area contributed by atoms with Crippen molar-refractivity contribution in [1.29, 1.82) is 0 Å². The minimum atomic E-state index is -4.77. The van der Waals surface area contributed by atoms with Crippen LogP contribution in [0.25, 0.3) is 0 Å². The zero-order valence-electron chi connectivity index (χ0n) is 18.8. The number of anilines is 1. The summed E-state index contributed by atoms with van der Waals surface area (Å²) >= 11 is 2.84. The van der Waals surface area contributed by atoms with Crippen LogP contribution in [0.15, 0.2) is 59.1 Å². The average Bonchev–Trinajstić information content (AvgIpc) is 2.81. The predicted molar refractivity (Wildman–Crippen MR) is 128 cm³/mol. The van der Waals surface area contributed by atoms with E-state index in [-0.39, 0.29) is 24.3 Å². The number of alkyl halides is 3. The molecule has 0 aliphatic rings. The van der Waals surface area contributed by atoms with E-state index < -0.39 is 22.0 Å². The molecule has 3 aromatic carbocycles. The largest absolute Gasteiger partial charge is 0.497 e. The summed E-state index contributed by atoms with van der Waals surface area (Å²) in [6.07, 6.45) is -4.77. The first kappa shape index (κ1) is 25.4. The summed E-state index contributed by atoms with van der Waals surface area (Å²) in [6, 6.07) is 15.5. The lowest BCUT2D eigenvalue weighted by Gasteiger charge is -2.27. The van der Waals surface area contributed by atoms with Gasteiger partial charge in [-0.3, -0.25) is 0 Å². The maximum Gasteiger partial charge on any atom is 0.418 e. The van der Waals surface area contributed by atoms with Crippen LogP contribution in [0.4, 0.5) is 23.2 Å². The molecule has 3 aromatic rings. The van der Waals surface area contributed by atoms with Gasteiger partial charge in [0.2, 0.25) is 0 Å². The molecule has 8 heteroatoms. The Morgan fingerprint density at radius 1 is 0.882 bits per heavy atom. The van der Waals surface area contributed by atoms with E-state index in [1.54, 1.807) is 43.4 Å². The fraction of sp³-hybridized carbons (Fsp3) is 0.231. The van der Waals surface area contributed by atoms with Gasteiger partial charge in [-0.25, -0.2) is 4.39 Å². The van der Waals surface area contributed by atoms with Gasteiger partial charge < -0.3 is 14.4 Å². The molecule has 0 bridgehead atoms. The molecule has 0 aromatic heterocycles. The van der Waals surface area contributed by atoms with Crippen LogP contribution in [0.1, 0.15) is 29.2 Å². The smallest absolute Gasteiger partial charge is 0.418 e. The highest BCUT2D eigenvalue weighted by Crippen LogP contribution is 2.42. The standard InChI is InChI=1S/C26H22BrF4NO2/c1-4-5-19-14-22(25(28)24(27)23(19)26(29,30)31)32(15-17-6-10-20(33-2)11-7-17)16-18-8-12-21(34-3)13-9-18/h6-14H,15-16H2,1-3H3. The van der Waals surface area contributed by atoms with Crippen molar-refractivity contribution >= 4 is 21.6 Å². The van der Waals surface area contributed by atoms with Crippen molar-refractivity contribution in [2.24, 2.45) is 0 Å². The van der Waals surface area contributed by atoms with E-state index in [9.17, 15) is 13.2 Å². The summed E-state index contributed by atoms with van der Waals surface area (Å²) in [5.41, 5.74) is 0.231. The fourth-order valence-electron chi connectivity index (χ4n) is 3.48. The molecular weight excluding hydrogens is 514 g/mol. The van der Waals surface area contributed by atoms with Gasteiger partial charge in [0.05, 0.1) is 29.9 Å². The number of nitrogens with zero attached hydrogens (tertiary/aromatic N) is 1. The van der Waals surface area contributed by atoms with Crippen LogP contribution in [0.5, 0.6) is 11.5 Å². The van der Waals surface area contributed by atoms with Crippen LogP contribution in [0.3, 0.4) is 0 Å². The van der Waals surface area contributed by atoms with Crippen LogP contribution in [-0.4, -0.2) is 14.2 Å². The van der Waals surface area contributed by atoms with Crippen molar-refractivity contribution in [1.82, 2.24) is 0 Å². The van der Waals surface area contributed by atoms with E-state index >= 15 is 4.39 Å². The molecule has 0 spiro atoms. The highest BCUT2D eigenvalue weighted by atomic mass is 79.9. The molecule has 178 valence electrons. The van der Waals surface area contributed by atoms with Crippen molar-refractivity contribution in [3.8, 4) is 23.3 Å². The first-order valence-electron chi connectivity index (χ1n) is 10.2. The zero-order valence-corrected chi connectivity index (χ0v) is 20.3. The third-order valence-corrected chi connectivity index (χ3v) is 5.88. The van der Waals surface area contributed by atoms with Crippen molar-refractivity contribution < 1.29 is 27.0 Å². The molecule has 0 unspecified atom stereocenters. The van der Waals surface area contributed by atoms with E-state index in [1.165, 1.54) is 6.92 Å². The van der Waals surface area contributed by atoms with Gasteiger partial charge in [-0.15, -0.1) is 5.92 Å². The van der Waals surface area contributed by atoms with E-state index in [0.29, 0.717) is 11.5 Å². The molecule has 0 heterocycles. The quantitative estimate of drug-likeness (QED) is 0.236. The Morgan fingerprint density at radius 3 is 1.74 bits per heavy atom. The lowest BCUT2D eigenvalue weighted by atomic mass is 10.0. The second kappa shape index (κ2) is 10.8. The lowest BCUT2D eigenvalue weighted by molar-refractivity contribution is -0.138. The molecular formula is C26H22BrF4NO2. The average molecular weight is 536 g/mol. The van der Waals surface area contributed by atoms with Crippen molar-refractivity contribution in [3.63, 3.8) is 0 Å². The van der Waals surface area contributed by atoms with Crippen LogP contribution < -0.4 is 14.4 Å². The van der Waals surface area contributed by atoms with Crippen molar-refractivity contribution in [2.45, 2.75) is 26.2 Å². The van der Waals surface area contributed by atoms with E-state index in [0.717, 1.165) is 17.2 Å². The molecule has 0 atom stereocenters. The number of ether oxygens (including phenoxy) is 2. The number of rotatable bonds is 7. The van der Waals surface area contributed by atoms with Gasteiger partial charge in [-0.2, -0.15) is 13.2 Å². The highest BCUT2D eigenvalue weighted by Gasteiger charge is 2.38. The minimum absolute atomic E-state index is 0.00395. The van der Waals surface area contributed by atoms with Gasteiger partial charge >= 0.3 is 6.18 Å². The number of benzene rings is 3. The van der Waals surface area contributed by atoms with Gasteiger partial charge in [0.25, 0.3) is 0 Å². The molecule has 0 amide bonds. The molecule has 0 aliphatic heterocycles. The molecule has 0 aliphatic carbocycles. The monoisotopic (exact) mass is 535 g/mol. The Kier molecular flexibility index (Phi) is 8.11. The Morgan fingerprint density at radius 2 is 1.35 bits per heavy atom. The first-order valence-corrected chi connectivity index (χ1v) is 11.0. The van der Waals surface area contributed by atoms with Gasteiger partial charge in [0.1, 0.15) is 11.5 Å². The highest BCUT2D eigenvalue weighted by molar-refractivity contribution is 9.10. The Balaban J connectivity index is 2.12. The molecule has 34 heavy (non-hydrogen) atoms. The second-order valence-corrected chi connectivity index (χ2v) is 8.16. The molecule has 0 fully saturated rings. The molecule has 0 saturated heterocycles. The summed E-state index contributed by atoms with van der Waals surface area (Å²) < 4.78 is 66.2. The number of halogens is 5. The van der Waals surface area contributed by atoms with Gasteiger partial charge in [-0.1, -0.05) is 30.2 Å². The van der Waals surface area contributed by atoms with Crippen LogP contribution >= 0.6 is 15.9 Å². The van der Waals surface area contributed by atoms with Crippen LogP contribution in [0.2, 0.25) is 0 Å². The Labute approximate surface area is 204 Å². The first-order chi connectivity index (χ1) is 16.2. The van der Waals surface area contributed by atoms with Crippen LogP contribution in [-0.2, 0) is 19.3 Å². The van der Waals surface area contributed by atoms with E-state index in [1.807, 2.05) is 24.3 Å². The maximum absolute atomic E-state index is 15.4. The Bertz CT molecular complexity index is 1150. The number of hydrogen-bond donors (Lipinski definition) is 0. The van der Waals surface area contributed by atoms with E-state index in [2.05, 4.69) is 27.8 Å². The topological polar surface area (TPSA) is 21.7 Å². The molecule has 3 rings (SSSR count). The maximum atomic E-state index is 15.4. The molecule has 0 saturated carbocycles. The third kappa shape index (κ3) is 5.84. The summed E-state index contributed by atoms with van der Waals surface area (Å²) in [7, 11) is 3.10. The molecule has 0 N–H and O–H groups in total. The van der Waals surface area contributed by atoms with Crippen molar-refractivity contribution in [2.75, 3.05) is 19.1 Å². The Hall–Kier alpha value is -3.18. The normalized spacial score (nSPS) is 10.9. The molecule has 0 radical (unpaired) electrons. The lowest BCUT2D eigenvalue weighted by Crippen LogP contribution is -2.24. The van der Waals surface area contributed by atoms with Gasteiger partial charge in [-0.05, 0) is 64.3 Å². The minimum Gasteiger partial charge on any atom is -0.497 e. The SMILES string of the molecule is CC#Cc1cc(N(Cc2ccc(OC)cc2)Cc2ccc(OC)cc2)c(F)c(Br)c1C(F)(F)F. The zero-order chi connectivity index (χ0) is 24.9. The van der Waals surface area contributed by atoms with Crippen molar-refractivity contribution in [3.05, 3.63) is 87.1 Å². The summed E-state index contributed by atoms with van der Waals surface area (Å²) in [5.74, 6) is 5.29. The third-order valence-electron chi connectivity index (χ3n) is 5.14. The fourth-order valence-corrected chi connectivity index (χ4v) is 4.12. The number of methoxy groups -OCH3 is 2. The summed E-state index contributed by atoms with van der Waals surface area (Å²) in [5, 5.41) is 0. The summed E-state index contributed by atoms with van der Waals surface area (Å²) in [4.78, 5) is 1.67. The predicted octanol–water partition coefficient (Wildman–Crippen LogP) is 7.20. The van der Waals surface area contributed by atoms with Gasteiger partial charge in [0.15, 0.2) is 5.82 Å². The second-order valence-electron chi connectivity index (χ2n) is 7.37.